The van der Waals surface area contributed by atoms with Crippen LogP contribution >= 0.6 is 0 Å². The lowest BCUT2D eigenvalue weighted by atomic mass is 9.32. The summed E-state index contributed by atoms with van der Waals surface area (Å²) in [5.41, 5.74) is -1.03. The highest BCUT2D eigenvalue weighted by atomic mass is 16.5. The van der Waals surface area contributed by atoms with Crippen LogP contribution < -0.4 is 0 Å². The molecule has 0 aromatic heterocycles. The fourth-order valence-electron chi connectivity index (χ4n) is 12.7. The van der Waals surface area contributed by atoms with Crippen molar-refractivity contribution in [1.29, 1.82) is 0 Å². The van der Waals surface area contributed by atoms with Crippen LogP contribution in [-0.4, -0.2) is 68.1 Å². The maximum Gasteiger partial charge on any atom is 0.310 e. The van der Waals surface area contributed by atoms with Gasteiger partial charge < -0.3 is 30.3 Å². The van der Waals surface area contributed by atoms with Crippen LogP contribution in [0.25, 0.3) is 0 Å². The molecule has 1 heterocycles. The Hall–Kier alpha value is -0.990. The predicted molar refractivity (Wildman–Crippen MR) is 159 cm³/mol. The van der Waals surface area contributed by atoms with Crippen LogP contribution in [-0.2, 0) is 9.53 Å². The molecule has 4 saturated carbocycles. The highest BCUT2D eigenvalue weighted by Crippen LogP contribution is 2.76. The number of carboxylic acids is 1. The van der Waals surface area contributed by atoms with Crippen molar-refractivity contribution in [3.05, 3.63) is 11.6 Å². The Morgan fingerprint density at radius 1 is 0.881 bits per heavy atom. The fraction of sp³-hybridized carbons (Fsp3) is 0.914. The highest BCUT2D eigenvalue weighted by Gasteiger charge is 2.71. The van der Waals surface area contributed by atoms with Crippen molar-refractivity contribution in [2.24, 2.45) is 56.7 Å². The number of aliphatic carboxylic acids is 1. The lowest BCUT2D eigenvalue weighted by Gasteiger charge is -2.72. The third kappa shape index (κ3) is 3.72. The van der Waals surface area contributed by atoms with Crippen LogP contribution in [0.1, 0.15) is 106 Å². The highest BCUT2D eigenvalue weighted by molar-refractivity contribution is 5.77. The summed E-state index contributed by atoms with van der Waals surface area (Å²) in [7, 11) is 0. The second-order valence-electron chi connectivity index (χ2n) is 17.2. The van der Waals surface area contributed by atoms with Crippen LogP contribution in [0, 0.1) is 56.7 Å². The molecule has 7 heteroatoms. The van der Waals surface area contributed by atoms with Crippen molar-refractivity contribution in [2.45, 2.75) is 136 Å². The molecule has 0 aromatic rings. The van der Waals surface area contributed by atoms with Gasteiger partial charge in [-0.1, -0.05) is 53.2 Å². The Bertz CT molecular complexity index is 1150. The lowest BCUT2D eigenvalue weighted by molar-refractivity contribution is -0.246. The molecule has 7 nitrogen and oxygen atoms in total. The standard InChI is InChI=1S/C35H56O7/c1-19-10-15-35(29(39)40)17-16-32(5)21(28(35)34(19,7)41)8-9-24-31(4)13-11-20(27-26(38)25(37)22(36)18-42-27)30(2,3)23(31)12-14-33(24,32)6/h8,19-20,22-28,36-38,41H,9-18H2,1-7H3,(H,39,40)/t19-,20-,22+,23+,24-,25+,26-,27+,28-,31+,32-,33-,34-,35+/m1/s1. The maximum absolute atomic E-state index is 13.0. The molecule has 0 unspecified atom stereocenters. The van der Waals surface area contributed by atoms with Crippen molar-refractivity contribution in [2.75, 3.05) is 6.61 Å². The van der Waals surface area contributed by atoms with Crippen LogP contribution in [0.5, 0.6) is 0 Å². The number of ether oxygens (including phenoxy) is 1. The molecule has 0 amide bonds. The molecule has 0 spiro atoms. The fourth-order valence-corrected chi connectivity index (χ4v) is 12.7. The zero-order chi connectivity index (χ0) is 30.8. The van der Waals surface area contributed by atoms with Crippen molar-refractivity contribution in [3.8, 4) is 0 Å². The second-order valence-corrected chi connectivity index (χ2v) is 17.2. The monoisotopic (exact) mass is 588 g/mol. The molecule has 5 fully saturated rings. The van der Waals surface area contributed by atoms with Gasteiger partial charge in [-0.25, -0.2) is 0 Å². The number of carboxylic acid groups (broad SMARTS) is 1. The average molecular weight is 589 g/mol. The summed E-state index contributed by atoms with van der Waals surface area (Å²) in [6, 6.07) is 0. The quantitative estimate of drug-likeness (QED) is 0.289. The molecule has 6 aliphatic rings. The summed E-state index contributed by atoms with van der Waals surface area (Å²) in [4.78, 5) is 13.0. The average Bonchev–Trinajstić information content (AvgIpc) is 2.90. The van der Waals surface area contributed by atoms with E-state index in [1.54, 1.807) is 0 Å². The van der Waals surface area contributed by atoms with E-state index in [4.69, 9.17) is 4.74 Å². The van der Waals surface area contributed by atoms with Crippen LogP contribution in [0.15, 0.2) is 11.6 Å². The van der Waals surface area contributed by atoms with E-state index in [0.717, 1.165) is 44.9 Å². The number of fused-ring (bicyclic) bond motifs is 7. The van der Waals surface area contributed by atoms with E-state index in [0.29, 0.717) is 24.7 Å². The normalized spacial score (nSPS) is 57.1. The van der Waals surface area contributed by atoms with Crippen LogP contribution in [0.2, 0.25) is 0 Å². The van der Waals surface area contributed by atoms with Gasteiger partial charge in [0.2, 0.25) is 0 Å². The van der Waals surface area contributed by atoms with Crippen molar-refractivity contribution >= 4 is 5.97 Å². The summed E-state index contributed by atoms with van der Waals surface area (Å²) < 4.78 is 6.04. The van der Waals surface area contributed by atoms with Gasteiger partial charge in [0.25, 0.3) is 0 Å². The molecule has 5 aliphatic carbocycles. The summed E-state index contributed by atoms with van der Waals surface area (Å²) in [5, 5.41) is 54.2. The minimum absolute atomic E-state index is 0.0200. The first-order valence-electron chi connectivity index (χ1n) is 16.7. The first kappa shape index (κ1) is 31.0. The van der Waals surface area contributed by atoms with Crippen LogP contribution in [0.4, 0.5) is 0 Å². The van der Waals surface area contributed by atoms with Crippen molar-refractivity contribution in [1.82, 2.24) is 0 Å². The molecule has 238 valence electrons. The summed E-state index contributed by atoms with van der Waals surface area (Å²) in [6.45, 7) is 16.0. The minimum Gasteiger partial charge on any atom is -0.481 e. The van der Waals surface area contributed by atoms with E-state index in [2.05, 4.69) is 47.6 Å². The molecule has 14 atom stereocenters. The third-order valence-corrected chi connectivity index (χ3v) is 15.5. The van der Waals surface area contributed by atoms with Crippen molar-refractivity contribution in [3.63, 3.8) is 0 Å². The van der Waals surface area contributed by atoms with Gasteiger partial charge in [0.05, 0.1) is 23.7 Å². The number of allylic oxidation sites excluding steroid dienone is 1. The van der Waals surface area contributed by atoms with Gasteiger partial charge in [-0.05, 0) is 110 Å². The third-order valence-electron chi connectivity index (χ3n) is 15.5. The van der Waals surface area contributed by atoms with E-state index in [-0.39, 0.29) is 46.0 Å². The number of aliphatic hydroxyl groups excluding tert-OH is 3. The van der Waals surface area contributed by atoms with Gasteiger partial charge in [0.15, 0.2) is 0 Å². The SMILES string of the molecule is C[C@@H]1CC[C@]2(C(=O)O)CC[C@]3(C)C(=CC[C@@H]4[C@@]5(C)CC[C@H]([C@@H]6OC[C@H](O)[C@H](O)[C@H]6O)C(C)(C)[C@@H]5CC[C@]43C)[C@@H]2[C@]1(C)O. The van der Waals surface area contributed by atoms with E-state index < -0.39 is 41.4 Å². The Labute approximate surface area is 252 Å². The summed E-state index contributed by atoms with van der Waals surface area (Å²) >= 11 is 0. The number of carbonyl (C=O) groups is 1. The van der Waals surface area contributed by atoms with E-state index in [9.17, 15) is 30.3 Å². The molecule has 42 heavy (non-hydrogen) atoms. The molecule has 0 bridgehead atoms. The Balaban J connectivity index is 1.37. The van der Waals surface area contributed by atoms with E-state index in [1.165, 1.54) is 5.57 Å². The first-order valence-corrected chi connectivity index (χ1v) is 16.7. The second kappa shape index (κ2) is 9.51. The smallest absolute Gasteiger partial charge is 0.310 e. The van der Waals surface area contributed by atoms with E-state index in [1.807, 2.05) is 6.92 Å². The zero-order valence-corrected chi connectivity index (χ0v) is 26.9. The number of hydrogen-bond donors (Lipinski definition) is 5. The maximum atomic E-state index is 13.0. The summed E-state index contributed by atoms with van der Waals surface area (Å²) in [5.74, 6) is -0.162. The topological polar surface area (TPSA) is 127 Å². The summed E-state index contributed by atoms with van der Waals surface area (Å²) in [6.07, 6.45) is 6.27. The Morgan fingerprint density at radius 2 is 1.57 bits per heavy atom. The molecular formula is C35H56O7. The minimum atomic E-state index is -1.19. The molecule has 0 aromatic carbocycles. The molecule has 0 radical (unpaired) electrons. The largest absolute Gasteiger partial charge is 0.481 e. The number of aliphatic hydroxyl groups is 4. The molecule has 6 rings (SSSR count). The van der Waals surface area contributed by atoms with Gasteiger partial charge in [0.1, 0.15) is 18.3 Å². The van der Waals surface area contributed by atoms with Gasteiger partial charge in [-0.3, -0.25) is 4.79 Å². The molecular weight excluding hydrogens is 532 g/mol. The van der Waals surface area contributed by atoms with Gasteiger partial charge >= 0.3 is 5.97 Å². The van der Waals surface area contributed by atoms with Gasteiger partial charge in [-0.15, -0.1) is 0 Å². The van der Waals surface area contributed by atoms with Crippen molar-refractivity contribution < 1.29 is 35.1 Å². The number of rotatable bonds is 2. The van der Waals surface area contributed by atoms with E-state index >= 15 is 0 Å². The van der Waals surface area contributed by atoms with Crippen LogP contribution in [0.3, 0.4) is 0 Å². The molecule has 1 saturated heterocycles. The first-order chi connectivity index (χ1) is 19.4. The Morgan fingerprint density at radius 3 is 2.24 bits per heavy atom. The van der Waals surface area contributed by atoms with Gasteiger partial charge in [0, 0.05) is 5.92 Å². The van der Waals surface area contributed by atoms with Gasteiger partial charge in [-0.2, -0.15) is 0 Å². The molecule has 5 N–H and O–H groups in total. The zero-order valence-electron chi connectivity index (χ0n) is 26.9. The number of hydrogen-bond acceptors (Lipinski definition) is 6. The Kier molecular flexibility index (Phi) is 7.02. The lowest BCUT2D eigenvalue weighted by Crippen LogP contribution is -2.68. The predicted octanol–water partition coefficient (Wildman–Crippen LogP) is 4.94. The molecule has 1 aliphatic heterocycles.